The Morgan fingerprint density at radius 1 is 1.18 bits per heavy atom. The predicted octanol–water partition coefficient (Wildman–Crippen LogP) is 3.30. The average Bonchev–Trinajstić information content (AvgIpc) is 2.11. The van der Waals surface area contributed by atoms with E-state index in [9.17, 15) is 4.57 Å². The van der Waals surface area contributed by atoms with Gasteiger partial charge in [-0.2, -0.15) is 0 Å². The Hall–Kier alpha value is -0.880. The maximum absolute atomic E-state index is 9.85. The van der Waals surface area contributed by atoms with E-state index in [2.05, 4.69) is 4.52 Å². The monoisotopic (exact) mass is 170 g/mol. The predicted molar refractivity (Wildman–Crippen MR) is 46.0 cm³/mol. The Morgan fingerprint density at radius 3 is 2.18 bits per heavy atom. The third-order valence-corrected chi connectivity index (χ3v) is 1.17. The van der Waals surface area contributed by atoms with E-state index in [1.165, 1.54) is 0 Å². The molecule has 2 nitrogen and oxygen atoms in total. The summed E-state index contributed by atoms with van der Waals surface area (Å²) >= 11 is 0. The van der Waals surface area contributed by atoms with Crippen LogP contribution in [0.3, 0.4) is 0 Å². The van der Waals surface area contributed by atoms with Gasteiger partial charge in [-0.25, -0.2) is 4.57 Å². The van der Waals surface area contributed by atoms with E-state index in [-0.39, 0.29) is 8.69 Å². The van der Waals surface area contributed by atoms with Crippen LogP contribution in [0.25, 0.3) is 0 Å². The third kappa shape index (κ3) is 4.51. The molecule has 0 spiro atoms. The molecule has 1 aromatic carbocycles. The van der Waals surface area contributed by atoms with E-state index >= 15 is 0 Å². The molecule has 0 aliphatic carbocycles. The first kappa shape index (κ1) is 10.1. The van der Waals surface area contributed by atoms with Gasteiger partial charge >= 0.3 is 8.69 Å². The molecular weight excluding hydrogens is 159 g/mol. The van der Waals surface area contributed by atoms with Crippen molar-refractivity contribution in [1.29, 1.82) is 0 Å². The normalized spacial score (nSPS) is 8.18. The standard InChI is InChI=1S/C6H5O2P.C2H6/c7-9-8-6-4-2-1-3-5-6;1-2/h1-5H;1-2H3. The molecule has 0 aromatic heterocycles. The molecule has 60 valence electrons. The molecule has 0 fully saturated rings. The van der Waals surface area contributed by atoms with E-state index in [1.807, 2.05) is 32.0 Å². The van der Waals surface area contributed by atoms with Crippen LogP contribution in [0.5, 0.6) is 5.75 Å². The van der Waals surface area contributed by atoms with Crippen molar-refractivity contribution in [3.05, 3.63) is 30.3 Å². The van der Waals surface area contributed by atoms with Crippen molar-refractivity contribution in [3.8, 4) is 5.75 Å². The lowest BCUT2D eigenvalue weighted by Crippen LogP contribution is -1.70. The molecule has 0 radical (unpaired) electrons. The molecule has 1 rings (SSSR count). The van der Waals surface area contributed by atoms with Crippen LogP contribution in [-0.4, -0.2) is 0 Å². The summed E-state index contributed by atoms with van der Waals surface area (Å²) in [6.45, 7) is 4.00. The summed E-state index contributed by atoms with van der Waals surface area (Å²) in [6, 6.07) is 8.99. The van der Waals surface area contributed by atoms with Crippen LogP contribution in [0.2, 0.25) is 0 Å². The molecule has 1 aromatic rings. The lowest BCUT2D eigenvalue weighted by molar-refractivity contribution is 0.525. The molecule has 0 heterocycles. The number of hydrogen-bond acceptors (Lipinski definition) is 2. The fraction of sp³-hybridized carbons (Fsp3) is 0.250. The number of para-hydroxylation sites is 1. The van der Waals surface area contributed by atoms with Crippen LogP contribution >= 0.6 is 8.69 Å². The van der Waals surface area contributed by atoms with E-state index in [1.54, 1.807) is 12.1 Å². The second-order valence-electron chi connectivity index (χ2n) is 1.48. The van der Waals surface area contributed by atoms with Gasteiger partial charge in [0.1, 0.15) is 5.75 Å². The van der Waals surface area contributed by atoms with Crippen LogP contribution < -0.4 is 4.52 Å². The molecule has 11 heavy (non-hydrogen) atoms. The lowest BCUT2D eigenvalue weighted by atomic mass is 10.3. The fourth-order valence-electron chi connectivity index (χ4n) is 0.524. The zero-order valence-electron chi connectivity index (χ0n) is 6.65. The highest BCUT2D eigenvalue weighted by Gasteiger charge is 1.85. The SMILES string of the molecule is CC.O=POc1ccccc1. The molecule has 0 bridgehead atoms. The summed E-state index contributed by atoms with van der Waals surface area (Å²) in [5, 5.41) is 0. The summed E-state index contributed by atoms with van der Waals surface area (Å²) < 4.78 is 14.5. The topological polar surface area (TPSA) is 26.3 Å². The molecule has 0 atom stereocenters. The summed E-state index contributed by atoms with van der Waals surface area (Å²) in [7, 11) is -0.305. The van der Waals surface area contributed by atoms with E-state index in [0.29, 0.717) is 5.75 Å². The van der Waals surface area contributed by atoms with Crippen molar-refractivity contribution < 1.29 is 9.09 Å². The molecule has 0 saturated heterocycles. The van der Waals surface area contributed by atoms with Gasteiger partial charge < -0.3 is 4.52 Å². The highest BCUT2D eigenvalue weighted by molar-refractivity contribution is 7.17. The van der Waals surface area contributed by atoms with Crippen LogP contribution in [0.15, 0.2) is 30.3 Å². The van der Waals surface area contributed by atoms with Gasteiger partial charge in [-0.1, -0.05) is 32.0 Å². The molecule has 3 heteroatoms. The van der Waals surface area contributed by atoms with Gasteiger partial charge in [0.25, 0.3) is 0 Å². The first-order valence-electron chi connectivity index (χ1n) is 3.48. The van der Waals surface area contributed by atoms with Crippen molar-refractivity contribution in [3.63, 3.8) is 0 Å². The largest absolute Gasteiger partial charge is 0.408 e. The van der Waals surface area contributed by atoms with Crippen molar-refractivity contribution in [2.75, 3.05) is 0 Å². The molecular formula is C8H11O2P. The van der Waals surface area contributed by atoms with Gasteiger partial charge in [0.05, 0.1) is 0 Å². The Bertz CT molecular complexity index is 187. The Kier molecular flexibility index (Phi) is 6.65. The number of hydrogen-bond donors (Lipinski definition) is 0. The Labute approximate surface area is 68.5 Å². The molecule has 0 saturated carbocycles. The lowest BCUT2D eigenvalue weighted by Gasteiger charge is -1.90. The summed E-state index contributed by atoms with van der Waals surface area (Å²) in [5.41, 5.74) is 0. The van der Waals surface area contributed by atoms with Crippen molar-refractivity contribution in [1.82, 2.24) is 0 Å². The minimum absolute atomic E-state index is 0.305. The molecule has 0 aliphatic rings. The van der Waals surface area contributed by atoms with Crippen molar-refractivity contribution >= 4 is 8.69 Å². The van der Waals surface area contributed by atoms with Crippen LogP contribution in [-0.2, 0) is 4.57 Å². The molecule has 0 unspecified atom stereocenters. The Balaban J connectivity index is 0.000000461. The van der Waals surface area contributed by atoms with Gasteiger partial charge in [0.2, 0.25) is 0 Å². The van der Waals surface area contributed by atoms with Crippen LogP contribution in [0.4, 0.5) is 0 Å². The second-order valence-corrected chi connectivity index (χ2v) is 1.81. The first-order valence-corrected chi connectivity index (χ1v) is 4.21. The average molecular weight is 170 g/mol. The number of benzene rings is 1. The smallest absolute Gasteiger partial charge is 0.395 e. The van der Waals surface area contributed by atoms with E-state index in [4.69, 9.17) is 0 Å². The highest BCUT2D eigenvalue weighted by atomic mass is 31.1. The molecule has 0 amide bonds. The number of rotatable bonds is 2. The zero-order valence-corrected chi connectivity index (χ0v) is 7.54. The zero-order chi connectivity index (χ0) is 8.53. The first-order chi connectivity index (χ1) is 5.43. The minimum Gasteiger partial charge on any atom is -0.408 e. The minimum atomic E-state index is -0.305. The Morgan fingerprint density at radius 2 is 1.73 bits per heavy atom. The van der Waals surface area contributed by atoms with Crippen molar-refractivity contribution in [2.24, 2.45) is 0 Å². The molecule has 0 N–H and O–H groups in total. The summed E-state index contributed by atoms with van der Waals surface area (Å²) in [5.74, 6) is 0.620. The van der Waals surface area contributed by atoms with Crippen molar-refractivity contribution in [2.45, 2.75) is 13.8 Å². The van der Waals surface area contributed by atoms with E-state index < -0.39 is 0 Å². The third-order valence-electron chi connectivity index (χ3n) is 0.886. The maximum atomic E-state index is 9.85. The van der Waals surface area contributed by atoms with Gasteiger partial charge in [-0.05, 0) is 12.1 Å². The fourth-order valence-corrected chi connectivity index (χ4v) is 0.732. The quantitative estimate of drug-likeness (QED) is 0.636. The van der Waals surface area contributed by atoms with Crippen LogP contribution in [0, 0.1) is 0 Å². The van der Waals surface area contributed by atoms with Gasteiger partial charge in [0.15, 0.2) is 0 Å². The van der Waals surface area contributed by atoms with Gasteiger partial charge in [-0.3, -0.25) is 0 Å². The van der Waals surface area contributed by atoms with Gasteiger partial charge in [-0.15, -0.1) is 0 Å². The highest BCUT2D eigenvalue weighted by Crippen LogP contribution is 2.12. The molecule has 0 aliphatic heterocycles. The van der Waals surface area contributed by atoms with Gasteiger partial charge in [0, 0.05) is 0 Å². The van der Waals surface area contributed by atoms with Crippen LogP contribution in [0.1, 0.15) is 13.8 Å². The van der Waals surface area contributed by atoms with E-state index in [0.717, 1.165) is 0 Å². The second kappa shape index (κ2) is 7.23. The summed E-state index contributed by atoms with van der Waals surface area (Å²) in [6.07, 6.45) is 0. The summed E-state index contributed by atoms with van der Waals surface area (Å²) in [4.78, 5) is 0. The maximum Gasteiger partial charge on any atom is 0.395 e.